The van der Waals surface area contributed by atoms with Crippen molar-refractivity contribution in [3.05, 3.63) is 36.4 Å². The summed E-state index contributed by atoms with van der Waals surface area (Å²) in [5.74, 6) is 1.50. The van der Waals surface area contributed by atoms with Crippen LogP contribution in [0, 0.1) is 5.92 Å². The molecular weight excluding hydrogens is 174 g/mol. The fourth-order valence-electron chi connectivity index (χ4n) is 0.963. The third-order valence-corrected chi connectivity index (χ3v) is 1.70. The molecule has 0 radical (unpaired) electrons. The number of rotatable bonds is 4. The molecule has 0 atom stereocenters. The molecule has 1 aromatic rings. The van der Waals surface area contributed by atoms with Gasteiger partial charge in [0.1, 0.15) is 5.75 Å². The molecule has 78 valence electrons. The Kier molecular flexibility index (Phi) is 5.65. The minimum Gasteiger partial charge on any atom is -0.493 e. The first kappa shape index (κ1) is 12.7. The van der Waals surface area contributed by atoms with Crippen LogP contribution in [-0.2, 0) is 0 Å². The van der Waals surface area contributed by atoms with Crippen LogP contribution in [-0.4, -0.2) is 6.61 Å². The summed E-state index contributed by atoms with van der Waals surface area (Å²) in [6.07, 6.45) is 1.83. The minimum atomic E-state index is 0. The third kappa shape index (κ3) is 4.10. The summed E-state index contributed by atoms with van der Waals surface area (Å²) < 4.78 is 5.53. The standard InChI is InChI=1S/C12H16O.H3N/c1-4-11-5-7-12(8-6-11)13-9-10(2)3;/h4-8,10H,1,9H2,2-3H3;1H3. The maximum absolute atomic E-state index is 5.53. The van der Waals surface area contributed by atoms with Crippen molar-refractivity contribution in [1.82, 2.24) is 6.15 Å². The lowest BCUT2D eigenvalue weighted by Gasteiger charge is -2.08. The molecule has 0 aliphatic rings. The van der Waals surface area contributed by atoms with Gasteiger partial charge in [0.15, 0.2) is 0 Å². The average molecular weight is 193 g/mol. The molecule has 1 aromatic carbocycles. The fraction of sp³-hybridized carbons (Fsp3) is 0.333. The van der Waals surface area contributed by atoms with E-state index in [2.05, 4.69) is 20.4 Å². The van der Waals surface area contributed by atoms with E-state index in [0.29, 0.717) is 5.92 Å². The number of benzene rings is 1. The quantitative estimate of drug-likeness (QED) is 0.795. The maximum atomic E-state index is 5.53. The lowest BCUT2D eigenvalue weighted by atomic mass is 10.2. The summed E-state index contributed by atoms with van der Waals surface area (Å²) in [4.78, 5) is 0. The lowest BCUT2D eigenvalue weighted by molar-refractivity contribution is 0.271. The molecule has 0 unspecified atom stereocenters. The highest BCUT2D eigenvalue weighted by Gasteiger charge is 1.95. The van der Waals surface area contributed by atoms with Crippen LogP contribution in [0.5, 0.6) is 5.75 Å². The zero-order valence-corrected chi connectivity index (χ0v) is 8.99. The van der Waals surface area contributed by atoms with Crippen molar-refractivity contribution in [2.45, 2.75) is 13.8 Å². The smallest absolute Gasteiger partial charge is 0.119 e. The Morgan fingerprint density at radius 3 is 2.29 bits per heavy atom. The summed E-state index contributed by atoms with van der Waals surface area (Å²) in [5.41, 5.74) is 1.12. The van der Waals surface area contributed by atoms with Crippen LogP contribution >= 0.6 is 0 Å². The number of hydrogen-bond acceptors (Lipinski definition) is 2. The van der Waals surface area contributed by atoms with Gasteiger partial charge in [0.2, 0.25) is 0 Å². The Balaban J connectivity index is 0.00000169. The van der Waals surface area contributed by atoms with Gasteiger partial charge in [-0.15, -0.1) is 0 Å². The van der Waals surface area contributed by atoms with Gasteiger partial charge in [-0.3, -0.25) is 0 Å². The molecule has 0 heterocycles. The molecule has 0 aliphatic heterocycles. The SMILES string of the molecule is C=Cc1ccc(OCC(C)C)cc1.N. The van der Waals surface area contributed by atoms with Crippen LogP contribution in [0.2, 0.25) is 0 Å². The zero-order chi connectivity index (χ0) is 9.68. The van der Waals surface area contributed by atoms with Gasteiger partial charge in [0, 0.05) is 0 Å². The Morgan fingerprint density at radius 2 is 1.86 bits per heavy atom. The van der Waals surface area contributed by atoms with Crippen molar-refractivity contribution in [3.8, 4) is 5.75 Å². The molecule has 0 aromatic heterocycles. The van der Waals surface area contributed by atoms with E-state index in [0.717, 1.165) is 17.9 Å². The van der Waals surface area contributed by atoms with Crippen molar-refractivity contribution in [3.63, 3.8) is 0 Å². The summed E-state index contributed by atoms with van der Waals surface area (Å²) in [6, 6.07) is 7.95. The Hall–Kier alpha value is -1.28. The molecule has 0 bridgehead atoms. The molecular formula is C12H19NO. The predicted molar refractivity (Wildman–Crippen MR) is 61.9 cm³/mol. The molecule has 14 heavy (non-hydrogen) atoms. The van der Waals surface area contributed by atoms with Gasteiger partial charge in [-0.1, -0.05) is 38.6 Å². The summed E-state index contributed by atoms with van der Waals surface area (Å²) in [5, 5.41) is 0. The van der Waals surface area contributed by atoms with E-state index in [4.69, 9.17) is 4.74 Å². The van der Waals surface area contributed by atoms with Gasteiger partial charge >= 0.3 is 0 Å². The highest BCUT2D eigenvalue weighted by Crippen LogP contribution is 2.13. The van der Waals surface area contributed by atoms with Crippen LogP contribution in [0.4, 0.5) is 0 Å². The van der Waals surface area contributed by atoms with E-state index in [9.17, 15) is 0 Å². The van der Waals surface area contributed by atoms with Gasteiger partial charge in [-0.05, 0) is 23.6 Å². The first-order valence-corrected chi connectivity index (χ1v) is 4.57. The van der Waals surface area contributed by atoms with Crippen LogP contribution in [0.25, 0.3) is 6.08 Å². The summed E-state index contributed by atoms with van der Waals surface area (Å²) in [7, 11) is 0. The van der Waals surface area contributed by atoms with E-state index in [1.807, 2.05) is 30.3 Å². The maximum Gasteiger partial charge on any atom is 0.119 e. The molecule has 0 spiro atoms. The van der Waals surface area contributed by atoms with E-state index in [1.165, 1.54) is 0 Å². The summed E-state index contributed by atoms with van der Waals surface area (Å²) >= 11 is 0. The van der Waals surface area contributed by atoms with Gasteiger partial charge in [-0.25, -0.2) is 0 Å². The number of ether oxygens (including phenoxy) is 1. The van der Waals surface area contributed by atoms with Crippen molar-refractivity contribution in [2.75, 3.05) is 6.61 Å². The Labute approximate surface area is 86.2 Å². The van der Waals surface area contributed by atoms with Crippen LogP contribution < -0.4 is 10.9 Å². The first-order valence-electron chi connectivity index (χ1n) is 4.57. The van der Waals surface area contributed by atoms with E-state index < -0.39 is 0 Å². The topological polar surface area (TPSA) is 44.2 Å². The van der Waals surface area contributed by atoms with Crippen molar-refractivity contribution >= 4 is 6.08 Å². The van der Waals surface area contributed by atoms with Crippen LogP contribution in [0.3, 0.4) is 0 Å². The third-order valence-electron chi connectivity index (χ3n) is 1.70. The Bertz CT molecular complexity index is 264. The van der Waals surface area contributed by atoms with Crippen molar-refractivity contribution in [2.24, 2.45) is 5.92 Å². The van der Waals surface area contributed by atoms with E-state index in [-0.39, 0.29) is 6.15 Å². The first-order chi connectivity index (χ1) is 6.22. The minimum absolute atomic E-state index is 0. The second-order valence-corrected chi connectivity index (χ2v) is 3.48. The summed E-state index contributed by atoms with van der Waals surface area (Å²) in [6.45, 7) is 8.74. The molecule has 0 saturated carbocycles. The van der Waals surface area contributed by atoms with E-state index >= 15 is 0 Å². The highest BCUT2D eigenvalue weighted by molar-refractivity contribution is 5.48. The van der Waals surface area contributed by atoms with Crippen LogP contribution in [0.1, 0.15) is 19.4 Å². The fourth-order valence-corrected chi connectivity index (χ4v) is 0.963. The van der Waals surface area contributed by atoms with E-state index in [1.54, 1.807) is 0 Å². The molecule has 3 N–H and O–H groups in total. The molecule has 2 heteroatoms. The van der Waals surface area contributed by atoms with Gasteiger partial charge in [-0.2, -0.15) is 0 Å². The second-order valence-electron chi connectivity index (χ2n) is 3.48. The molecule has 0 aliphatic carbocycles. The van der Waals surface area contributed by atoms with Gasteiger partial charge in [0.25, 0.3) is 0 Å². The van der Waals surface area contributed by atoms with Gasteiger partial charge < -0.3 is 10.9 Å². The number of hydrogen-bond donors (Lipinski definition) is 1. The van der Waals surface area contributed by atoms with Crippen LogP contribution in [0.15, 0.2) is 30.8 Å². The monoisotopic (exact) mass is 193 g/mol. The van der Waals surface area contributed by atoms with Crippen molar-refractivity contribution < 1.29 is 4.74 Å². The zero-order valence-electron chi connectivity index (χ0n) is 8.99. The second kappa shape index (κ2) is 6.22. The van der Waals surface area contributed by atoms with Gasteiger partial charge in [0.05, 0.1) is 6.61 Å². The largest absolute Gasteiger partial charge is 0.493 e. The predicted octanol–water partition coefficient (Wildman–Crippen LogP) is 3.53. The highest BCUT2D eigenvalue weighted by atomic mass is 16.5. The molecule has 1 rings (SSSR count). The lowest BCUT2D eigenvalue weighted by Crippen LogP contribution is -2.04. The molecule has 0 saturated heterocycles. The normalized spacial score (nSPS) is 9.36. The molecule has 2 nitrogen and oxygen atoms in total. The molecule has 0 fully saturated rings. The van der Waals surface area contributed by atoms with Crippen molar-refractivity contribution in [1.29, 1.82) is 0 Å². The Morgan fingerprint density at radius 1 is 1.29 bits per heavy atom. The molecule has 0 amide bonds. The average Bonchev–Trinajstić information content (AvgIpc) is 2.15.